The number of pyridine rings is 1. The molecule has 1 amide bonds. The van der Waals surface area contributed by atoms with Crippen LogP contribution in [0.2, 0.25) is 0 Å². The van der Waals surface area contributed by atoms with E-state index in [0.29, 0.717) is 5.92 Å². The third-order valence-electron chi connectivity index (χ3n) is 3.73. The van der Waals surface area contributed by atoms with Crippen molar-refractivity contribution in [3.05, 3.63) is 22.9 Å². The molecule has 0 aromatic carbocycles. The Labute approximate surface area is 116 Å². The molecule has 0 bridgehead atoms. The van der Waals surface area contributed by atoms with E-state index in [9.17, 15) is 4.79 Å². The minimum absolute atomic E-state index is 0.0895. The summed E-state index contributed by atoms with van der Waals surface area (Å²) in [7, 11) is 0. The fraction of sp³-hybridized carbons (Fsp3) is 0.538. The van der Waals surface area contributed by atoms with Crippen LogP contribution in [0.1, 0.15) is 20.3 Å². The lowest BCUT2D eigenvalue weighted by atomic mass is 9.75. The van der Waals surface area contributed by atoms with Gasteiger partial charge in [-0.3, -0.25) is 4.79 Å². The van der Waals surface area contributed by atoms with Crippen molar-refractivity contribution in [1.29, 1.82) is 0 Å². The van der Waals surface area contributed by atoms with Crippen LogP contribution in [0.25, 0.3) is 0 Å². The Hall–Kier alpha value is -0.940. The summed E-state index contributed by atoms with van der Waals surface area (Å²) in [4.78, 5) is 16.6. The third kappa shape index (κ3) is 2.57. The number of nitrogens with zero attached hydrogens (tertiary/aromatic N) is 1. The molecule has 5 heteroatoms. The monoisotopic (exact) mass is 311 g/mol. The van der Waals surface area contributed by atoms with Crippen molar-refractivity contribution in [3.8, 4) is 0 Å². The summed E-state index contributed by atoms with van der Waals surface area (Å²) in [6, 6.07) is 3.68. The molecule has 0 spiro atoms. The van der Waals surface area contributed by atoms with Crippen LogP contribution in [-0.2, 0) is 4.79 Å². The van der Waals surface area contributed by atoms with E-state index in [1.165, 1.54) is 0 Å². The summed E-state index contributed by atoms with van der Waals surface area (Å²) in [6.07, 6.45) is 2.55. The molecular weight excluding hydrogens is 294 g/mol. The van der Waals surface area contributed by atoms with Gasteiger partial charge in [-0.1, -0.05) is 13.8 Å². The van der Waals surface area contributed by atoms with Crippen molar-refractivity contribution >= 4 is 27.5 Å². The molecule has 2 rings (SSSR count). The molecule has 0 radical (unpaired) electrons. The number of amides is 1. The lowest BCUT2D eigenvalue weighted by molar-refractivity contribution is -0.126. The summed E-state index contributed by atoms with van der Waals surface area (Å²) in [5.74, 6) is 0.405. The van der Waals surface area contributed by atoms with Crippen LogP contribution in [0.5, 0.6) is 0 Å². The quantitative estimate of drug-likeness (QED) is 0.843. The maximum Gasteiger partial charge on any atom is 0.232 e. The van der Waals surface area contributed by atoms with E-state index in [1.54, 1.807) is 6.20 Å². The molecule has 1 fully saturated rings. The van der Waals surface area contributed by atoms with Gasteiger partial charge in [0.05, 0.1) is 17.3 Å². The van der Waals surface area contributed by atoms with Gasteiger partial charge in [0, 0.05) is 6.54 Å². The summed E-state index contributed by atoms with van der Waals surface area (Å²) >= 11 is 3.28. The van der Waals surface area contributed by atoms with Crippen LogP contribution in [0.15, 0.2) is 22.9 Å². The first-order chi connectivity index (χ1) is 8.54. The lowest BCUT2D eigenvalue weighted by Crippen LogP contribution is -2.42. The van der Waals surface area contributed by atoms with E-state index in [1.807, 2.05) is 12.1 Å². The fourth-order valence-electron chi connectivity index (χ4n) is 2.37. The average Bonchev–Trinajstić information content (AvgIpc) is 2.82. The summed E-state index contributed by atoms with van der Waals surface area (Å²) < 4.78 is 0.765. The lowest BCUT2D eigenvalue weighted by Gasteiger charge is -2.31. The van der Waals surface area contributed by atoms with Gasteiger partial charge < -0.3 is 10.6 Å². The molecule has 4 nitrogen and oxygen atoms in total. The fourth-order valence-corrected chi connectivity index (χ4v) is 2.60. The Morgan fingerprint density at radius 1 is 1.56 bits per heavy atom. The van der Waals surface area contributed by atoms with Gasteiger partial charge in [-0.15, -0.1) is 0 Å². The van der Waals surface area contributed by atoms with E-state index in [-0.39, 0.29) is 11.3 Å². The number of anilines is 1. The van der Waals surface area contributed by atoms with Gasteiger partial charge in [0.15, 0.2) is 0 Å². The molecule has 98 valence electrons. The zero-order valence-electron chi connectivity index (χ0n) is 10.7. The molecule has 2 N–H and O–H groups in total. The molecule has 1 atom stereocenters. The number of carbonyl (C=O) groups excluding carboxylic acids is 1. The smallest absolute Gasteiger partial charge is 0.232 e. The number of halogens is 1. The summed E-state index contributed by atoms with van der Waals surface area (Å²) in [5.41, 5.74) is 0.447. The second kappa shape index (κ2) is 5.36. The first-order valence-corrected chi connectivity index (χ1v) is 6.97. The second-order valence-corrected chi connectivity index (χ2v) is 5.87. The van der Waals surface area contributed by atoms with Gasteiger partial charge in [-0.05, 0) is 46.9 Å². The molecule has 1 saturated heterocycles. The van der Waals surface area contributed by atoms with Crippen molar-refractivity contribution in [2.24, 2.45) is 11.3 Å². The van der Waals surface area contributed by atoms with E-state index >= 15 is 0 Å². The summed E-state index contributed by atoms with van der Waals surface area (Å²) in [5, 5.41) is 6.26. The van der Waals surface area contributed by atoms with Gasteiger partial charge in [0.1, 0.15) is 4.60 Å². The normalized spacial score (nSPS) is 23.3. The van der Waals surface area contributed by atoms with Crippen molar-refractivity contribution in [2.45, 2.75) is 20.3 Å². The van der Waals surface area contributed by atoms with Crippen LogP contribution < -0.4 is 10.6 Å². The predicted octanol–water partition coefficient (Wildman–Crippen LogP) is 2.42. The van der Waals surface area contributed by atoms with Crippen LogP contribution in [0.3, 0.4) is 0 Å². The minimum atomic E-state index is -0.299. The minimum Gasteiger partial charge on any atom is -0.324 e. The number of nitrogens with one attached hydrogen (secondary N) is 2. The van der Waals surface area contributed by atoms with Gasteiger partial charge >= 0.3 is 0 Å². The Morgan fingerprint density at radius 2 is 2.33 bits per heavy atom. The Kier molecular flexibility index (Phi) is 4.02. The molecule has 2 heterocycles. The molecular formula is C13H18BrN3O. The molecule has 1 unspecified atom stereocenters. The van der Waals surface area contributed by atoms with Crippen molar-refractivity contribution < 1.29 is 4.79 Å². The van der Waals surface area contributed by atoms with Gasteiger partial charge in [-0.2, -0.15) is 0 Å². The van der Waals surface area contributed by atoms with Crippen LogP contribution in [0.4, 0.5) is 5.69 Å². The van der Waals surface area contributed by atoms with Crippen LogP contribution in [0, 0.1) is 11.3 Å². The van der Waals surface area contributed by atoms with Gasteiger partial charge in [-0.25, -0.2) is 4.98 Å². The number of rotatable bonds is 3. The molecule has 1 aliphatic heterocycles. The Balaban J connectivity index is 2.13. The van der Waals surface area contributed by atoms with E-state index < -0.39 is 0 Å². The highest BCUT2D eigenvalue weighted by molar-refractivity contribution is 9.10. The third-order valence-corrected chi connectivity index (χ3v) is 4.20. The van der Waals surface area contributed by atoms with Crippen LogP contribution in [-0.4, -0.2) is 24.0 Å². The van der Waals surface area contributed by atoms with E-state index in [4.69, 9.17) is 0 Å². The Morgan fingerprint density at radius 3 is 2.83 bits per heavy atom. The molecule has 0 aliphatic carbocycles. The summed E-state index contributed by atoms with van der Waals surface area (Å²) in [6.45, 7) is 5.86. The number of hydrogen-bond acceptors (Lipinski definition) is 3. The molecule has 1 aromatic heterocycles. The first kappa shape index (κ1) is 13.5. The zero-order chi connectivity index (χ0) is 13.2. The van der Waals surface area contributed by atoms with Crippen molar-refractivity contribution in [2.75, 3.05) is 18.4 Å². The van der Waals surface area contributed by atoms with Gasteiger partial charge in [0.25, 0.3) is 0 Å². The average molecular weight is 312 g/mol. The molecule has 1 aliphatic rings. The maximum atomic E-state index is 12.5. The molecule has 0 saturated carbocycles. The topological polar surface area (TPSA) is 54.0 Å². The number of aromatic nitrogens is 1. The SMILES string of the molecule is CC(C)C1(C(=O)Nc2ccc(Br)nc2)CCNC1. The van der Waals surface area contributed by atoms with Crippen LogP contribution >= 0.6 is 15.9 Å². The van der Waals surface area contributed by atoms with Crippen molar-refractivity contribution in [3.63, 3.8) is 0 Å². The van der Waals surface area contributed by atoms with Gasteiger partial charge in [0.2, 0.25) is 5.91 Å². The maximum absolute atomic E-state index is 12.5. The van der Waals surface area contributed by atoms with E-state index in [2.05, 4.69) is 45.4 Å². The highest BCUT2D eigenvalue weighted by Gasteiger charge is 2.43. The second-order valence-electron chi connectivity index (χ2n) is 5.06. The first-order valence-electron chi connectivity index (χ1n) is 6.18. The zero-order valence-corrected chi connectivity index (χ0v) is 12.3. The molecule has 18 heavy (non-hydrogen) atoms. The molecule has 1 aromatic rings. The van der Waals surface area contributed by atoms with E-state index in [0.717, 1.165) is 29.8 Å². The predicted molar refractivity (Wildman–Crippen MR) is 75.3 cm³/mol. The largest absolute Gasteiger partial charge is 0.324 e. The number of carbonyl (C=O) groups is 1. The highest BCUT2D eigenvalue weighted by atomic mass is 79.9. The highest BCUT2D eigenvalue weighted by Crippen LogP contribution is 2.35. The number of hydrogen-bond donors (Lipinski definition) is 2. The van der Waals surface area contributed by atoms with Crippen molar-refractivity contribution in [1.82, 2.24) is 10.3 Å². The Bertz CT molecular complexity index is 424. The standard InChI is InChI=1S/C13H18BrN3O/c1-9(2)13(5-6-15-8-13)12(18)17-10-3-4-11(14)16-7-10/h3-4,7,9,15H,5-6,8H2,1-2H3,(H,17,18).